The number of carbonyl (C=O) groups is 1. The monoisotopic (exact) mass is 449 g/mol. The Morgan fingerprint density at radius 1 is 1.17 bits per heavy atom. The molecule has 0 aliphatic carbocycles. The molecule has 1 heterocycles. The van der Waals surface area contributed by atoms with Crippen LogP contribution in [0.15, 0.2) is 36.4 Å². The molecule has 162 valence electrons. The summed E-state index contributed by atoms with van der Waals surface area (Å²) < 4.78 is 74.4. The van der Waals surface area contributed by atoms with Crippen molar-refractivity contribution in [3.8, 4) is 11.5 Å². The Balaban J connectivity index is 1.89. The van der Waals surface area contributed by atoms with Gasteiger partial charge >= 0.3 is 6.36 Å². The van der Waals surface area contributed by atoms with Crippen LogP contribution in [0.5, 0.6) is 11.5 Å². The van der Waals surface area contributed by atoms with Gasteiger partial charge in [-0.15, -0.1) is 24.8 Å². The lowest BCUT2D eigenvalue weighted by molar-refractivity contribution is -0.274. The van der Waals surface area contributed by atoms with Crippen LogP contribution in [0, 0.1) is 11.6 Å². The van der Waals surface area contributed by atoms with Gasteiger partial charge in [-0.05, 0) is 31.0 Å². The number of amides is 1. The first-order valence-corrected chi connectivity index (χ1v) is 9.43. The Morgan fingerprint density at radius 3 is 2.43 bits per heavy atom. The van der Waals surface area contributed by atoms with E-state index in [4.69, 9.17) is 16.3 Å². The second kappa shape index (κ2) is 8.67. The third-order valence-electron chi connectivity index (χ3n) is 4.56. The van der Waals surface area contributed by atoms with Gasteiger partial charge in [-0.2, -0.15) is 0 Å². The van der Waals surface area contributed by atoms with E-state index >= 15 is 0 Å². The molecule has 1 aliphatic rings. The summed E-state index contributed by atoms with van der Waals surface area (Å²) in [6.07, 6.45) is -4.75. The number of benzene rings is 2. The average molecular weight is 450 g/mol. The van der Waals surface area contributed by atoms with E-state index in [0.29, 0.717) is 11.6 Å². The number of alkyl halides is 4. The first-order chi connectivity index (χ1) is 14.1. The number of likely N-dealkylation sites (tertiary alicyclic amines) is 1. The van der Waals surface area contributed by atoms with Gasteiger partial charge in [0.1, 0.15) is 28.5 Å². The zero-order valence-electron chi connectivity index (χ0n) is 15.7. The summed E-state index contributed by atoms with van der Waals surface area (Å²) in [5, 5.41) is -0.929. The third-order valence-corrected chi connectivity index (χ3v) is 4.92. The van der Waals surface area contributed by atoms with E-state index < -0.39 is 41.1 Å². The summed E-state index contributed by atoms with van der Waals surface area (Å²) in [5.74, 6) is -2.60. The summed E-state index contributed by atoms with van der Waals surface area (Å²) >= 11 is 6.11. The summed E-state index contributed by atoms with van der Waals surface area (Å²) in [6.45, 7) is 1.77. The lowest BCUT2D eigenvalue weighted by Crippen LogP contribution is -2.30. The van der Waals surface area contributed by atoms with Gasteiger partial charge in [-0.25, -0.2) is 8.78 Å². The molecule has 4 nitrogen and oxygen atoms in total. The molecule has 3 rings (SSSR count). The largest absolute Gasteiger partial charge is 0.573 e. The van der Waals surface area contributed by atoms with Crippen LogP contribution in [0.4, 0.5) is 22.0 Å². The van der Waals surface area contributed by atoms with Crippen molar-refractivity contribution in [1.82, 2.24) is 4.90 Å². The number of hydrogen-bond donors (Lipinski definition) is 0. The van der Waals surface area contributed by atoms with Crippen molar-refractivity contribution in [2.75, 3.05) is 6.61 Å². The topological polar surface area (TPSA) is 38.8 Å². The van der Waals surface area contributed by atoms with Crippen molar-refractivity contribution in [2.45, 2.75) is 37.7 Å². The van der Waals surface area contributed by atoms with Crippen LogP contribution in [-0.4, -0.2) is 29.2 Å². The molecular formula is C20H17ClF5NO3. The predicted octanol–water partition coefficient (Wildman–Crippen LogP) is 5.34. The van der Waals surface area contributed by atoms with Crippen LogP contribution >= 0.6 is 11.6 Å². The van der Waals surface area contributed by atoms with Crippen LogP contribution < -0.4 is 9.47 Å². The summed E-state index contributed by atoms with van der Waals surface area (Å²) in [7, 11) is 0. The van der Waals surface area contributed by atoms with Crippen LogP contribution in [0.1, 0.15) is 30.5 Å². The SMILES string of the molecule is CCOc1cc(F)cc(F)c1C1CC(Cl)C(=O)N1Cc1ccc(OC(F)(F)F)cc1. The molecule has 0 saturated carbocycles. The predicted molar refractivity (Wildman–Crippen MR) is 98.2 cm³/mol. The van der Waals surface area contributed by atoms with E-state index in [-0.39, 0.29) is 30.9 Å². The molecular weight excluding hydrogens is 433 g/mol. The van der Waals surface area contributed by atoms with Gasteiger partial charge in [0, 0.05) is 18.7 Å². The van der Waals surface area contributed by atoms with Crippen molar-refractivity contribution < 1.29 is 36.2 Å². The van der Waals surface area contributed by atoms with Crippen molar-refractivity contribution in [2.24, 2.45) is 0 Å². The lowest BCUT2D eigenvalue weighted by Gasteiger charge is -2.27. The minimum Gasteiger partial charge on any atom is -0.493 e. The fourth-order valence-corrected chi connectivity index (χ4v) is 3.67. The van der Waals surface area contributed by atoms with E-state index in [9.17, 15) is 26.7 Å². The number of rotatable bonds is 6. The van der Waals surface area contributed by atoms with Crippen LogP contribution in [0.3, 0.4) is 0 Å². The number of carbonyl (C=O) groups excluding carboxylic acids is 1. The van der Waals surface area contributed by atoms with E-state index in [0.717, 1.165) is 18.2 Å². The highest BCUT2D eigenvalue weighted by molar-refractivity contribution is 6.31. The molecule has 2 unspecified atom stereocenters. The quantitative estimate of drug-likeness (QED) is 0.441. The second-order valence-electron chi connectivity index (χ2n) is 6.61. The van der Waals surface area contributed by atoms with Gasteiger partial charge in [0.05, 0.1) is 18.2 Å². The number of halogens is 6. The van der Waals surface area contributed by atoms with Crippen molar-refractivity contribution in [3.05, 3.63) is 59.2 Å². The second-order valence-corrected chi connectivity index (χ2v) is 7.14. The molecule has 1 saturated heterocycles. The van der Waals surface area contributed by atoms with E-state index in [1.165, 1.54) is 17.0 Å². The third kappa shape index (κ3) is 4.95. The molecule has 1 aliphatic heterocycles. The van der Waals surface area contributed by atoms with Gasteiger partial charge in [0.25, 0.3) is 0 Å². The van der Waals surface area contributed by atoms with Gasteiger partial charge in [0.2, 0.25) is 5.91 Å². The molecule has 0 aromatic heterocycles. The van der Waals surface area contributed by atoms with Crippen LogP contribution in [-0.2, 0) is 11.3 Å². The molecule has 0 bridgehead atoms. The molecule has 10 heteroatoms. The number of ether oxygens (including phenoxy) is 2. The van der Waals surface area contributed by atoms with Crippen molar-refractivity contribution in [3.63, 3.8) is 0 Å². The molecule has 0 N–H and O–H groups in total. The van der Waals surface area contributed by atoms with Gasteiger partial charge in [-0.3, -0.25) is 4.79 Å². The van der Waals surface area contributed by atoms with Crippen LogP contribution in [0.2, 0.25) is 0 Å². The fourth-order valence-electron chi connectivity index (χ4n) is 3.37. The first-order valence-electron chi connectivity index (χ1n) is 9.00. The highest BCUT2D eigenvalue weighted by Gasteiger charge is 2.42. The minimum atomic E-state index is -4.82. The molecule has 2 aromatic rings. The summed E-state index contributed by atoms with van der Waals surface area (Å²) in [5.41, 5.74) is 0.487. The Kier molecular flexibility index (Phi) is 6.40. The standard InChI is InChI=1S/C20H17ClF5NO3/c1-2-29-17-8-12(22)7-15(23)18(17)16-9-14(21)19(28)27(16)10-11-3-5-13(6-4-11)30-20(24,25)26/h3-8,14,16H,2,9-10H2,1H3. The lowest BCUT2D eigenvalue weighted by atomic mass is 10.0. The maximum Gasteiger partial charge on any atom is 0.573 e. The molecule has 2 atom stereocenters. The van der Waals surface area contributed by atoms with Gasteiger partial charge in [-0.1, -0.05) is 12.1 Å². The normalized spacial score (nSPS) is 19.3. The molecule has 0 radical (unpaired) electrons. The Morgan fingerprint density at radius 2 is 1.83 bits per heavy atom. The first kappa shape index (κ1) is 22.1. The Labute approximate surface area is 174 Å². The molecule has 0 spiro atoms. The maximum atomic E-state index is 14.6. The summed E-state index contributed by atoms with van der Waals surface area (Å²) in [6, 6.07) is 5.85. The van der Waals surface area contributed by atoms with E-state index in [1.807, 2.05) is 0 Å². The molecule has 30 heavy (non-hydrogen) atoms. The van der Waals surface area contributed by atoms with Gasteiger partial charge in [0.15, 0.2) is 0 Å². The highest BCUT2D eigenvalue weighted by Crippen LogP contribution is 2.42. The number of nitrogens with zero attached hydrogens (tertiary/aromatic N) is 1. The Bertz CT molecular complexity index is 920. The number of hydrogen-bond acceptors (Lipinski definition) is 3. The highest BCUT2D eigenvalue weighted by atomic mass is 35.5. The zero-order valence-corrected chi connectivity index (χ0v) is 16.4. The minimum absolute atomic E-state index is 0.00627. The van der Waals surface area contributed by atoms with E-state index in [2.05, 4.69) is 4.74 Å². The summed E-state index contributed by atoms with van der Waals surface area (Å²) in [4.78, 5) is 13.9. The van der Waals surface area contributed by atoms with Gasteiger partial charge < -0.3 is 14.4 Å². The van der Waals surface area contributed by atoms with Crippen molar-refractivity contribution >= 4 is 17.5 Å². The molecule has 2 aromatic carbocycles. The molecule has 1 fully saturated rings. The smallest absolute Gasteiger partial charge is 0.493 e. The molecule has 1 amide bonds. The van der Waals surface area contributed by atoms with Crippen molar-refractivity contribution in [1.29, 1.82) is 0 Å². The average Bonchev–Trinajstić information content (AvgIpc) is 2.90. The fraction of sp³-hybridized carbons (Fsp3) is 0.350. The van der Waals surface area contributed by atoms with E-state index in [1.54, 1.807) is 6.92 Å². The Hall–Kier alpha value is -2.55. The van der Waals surface area contributed by atoms with Crippen LogP contribution in [0.25, 0.3) is 0 Å². The zero-order chi connectivity index (χ0) is 22.1. The maximum absolute atomic E-state index is 14.6.